The van der Waals surface area contributed by atoms with Gasteiger partial charge in [0.2, 0.25) is 0 Å². The summed E-state index contributed by atoms with van der Waals surface area (Å²) in [6.07, 6.45) is 1.80. The van der Waals surface area contributed by atoms with Crippen molar-refractivity contribution < 1.29 is 13.2 Å². The zero-order valence-electron chi connectivity index (χ0n) is 13.2. The SMILES string of the molecule is FC(F)(F)c1cccc(C2(NCc3cn(CC4CC4)nn3)CC2)c1. The van der Waals surface area contributed by atoms with Crippen molar-refractivity contribution in [3.63, 3.8) is 0 Å². The van der Waals surface area contributed by atoms with E-state index in [9.17, 15) is 13.2 Å². The van der Waals surface area contributed by atoms with Gasteiger partial charge >= 0.3 is 6.18 Å². The Bertz CT molecular complexity index is 729. The summed E-state index contributed by atoms with van der Waals surface area (Å²) in [4.78, 5) is 0. The summed E-state index contributed by atoms with van der Waals surface area (Å²) in [6.45, 7) is 1.42. The molecule has 1 N–H and O–H groups in total. The lowest BCUT2D eigenvalue weighted by Gasteiger charge is -2.18. The second kappa shape index (κ2) is 5.58. The smallest absolute Gasteiger partial charge is 0.302 e. The summed E-state index contributed by atoms with van der Waals surface area (Å²) in [7, 11) is 0. The van der Waals surface area contributed by atoms with Gasteiger partial charge in [0, 0.05) is 24.8 Å². The van der Waals surface area contributed by atoms with Crippen LogP contribution in [0.25, 0.3) is 0 Å². The average molecular weight is 336 g/mol. The van der Waals surface area contributed by atoms with Crippen LogP contribution < -0.4 is 5.32 Å². The predicted octanol–water partition coefficient (Wildman–Crippen LogP) is 3.49. The van der Waals surface area contributed by atoms with E-state index in [1.165, 1.54) is 25.0 Å². The molecule has 128 valence electrons. The predicted molar refractivity (Wildman–Crippen MR) is 81.9 cm³/mol. The molecule has 1 aromatic carbocycles. The first-order chi connectivity index (χ1) is 11.4. The van der Waals surface area contributed by atoms with Crippen molar-refractivity contribution in [2.45, 2.75) is 50.5 Å². The summed E-state index contributed by atoms with van der Waals surface area (Å²) in [5, 5.41) is 11.6. The Morgan fingerprint density at radius 2 is 2.04 bits per heavy atom. The highest BCUT2D eigenvalue weighted by molar-refractivity contribution is 5.35. The van der Waals surface area contributed by atoms with E-state index in [0.717, 1.165) is 37.1 Å². The first-order valence-corrected chi connectivity index (χ1v) is 8.26. The molecule has 7 heteroatoms. The van der Waals surface area contributed by atoms with Gasteiger partial charge in [0.05, 0.1) is 11.3 Å². The molecule has 0 radical (unpaired) electrons. The van der Waals surface area contributed by atoms with E-state index in [1.807, 2.05) is 10.9 Å². The molecule has 1 heterocycles. The normalized spacial score (nSPS) is 19.5. The van der Waals surface area contributed by atoms with Crippen LogP contribution in [-0.4, -0.2) is 15.0 Å². The Morgan fingerprint density at radius 3 is 2.71 bits per heavy atom. The first-order valence-electron chi connectivity index (χ1n) is 8.26. The molecule has 0 atom stereocenters. The van der Waals surface area contributed by atoms with Crippen LogP contribution in [0.1, 0.15) is 42.5 Å². The molecule has 0 aliphatic heterocycles. The molecule has 0 unspecified atom stereocenters. The second-order valence-electron chi connectivity index (χ2n) is 6.89. The summed E-state index contributed by atoms with van der Waals surface area (Å²) >= 11 is 0. The summed E-state index contributed by atoms with van der Waals surface area (Å²) in [6, 6.07) is 5.61. The minimum absolute atomic E-state index is 0.360. The maximum atomic E-state index is 12.9. The van der Waals surface area contributed by atoms with Crippen molar-refractivity contribution >= 4 is 0 Å². The number of rotatable bonds is 6. The molecule has 0 saturated heterocycles. The van der Waals surface area contributed by atoms with Gasteiger partial charge in [-0.25, -0.2) is 0 Å². The standard InChI is InChI=1S/C17H19F3N4/c18-17(19,20)14-3-1-2-13(8-14)16(6-7-16)21-9-15-11-24(23-22-15)10-12-4-5-12/h1-3,8,11-12,21H,4-7,9-10H2. The molecule has 24 heavy (non-hydrogen) atoms. The van der Waals surface area contributed by atoms with Crippen LogP contribution in [0.2, 0.25) is 0 Å². The van der Waals surface area contributed by atoms with E-state index in [2.05, 4.69) is 15.6 Å². The topological polar surface area (TPSA) is 42.7 Å². The number of benzene rings is 1. The number of nitrogens with zero attached hydrogens (tertiary/aromatic N) is 3. The summed E-state index contributed by atoms with van der Waals surface area (Å²) in [5.74, 6) is 0.729. The van der Waals surface area contributed by atoms with Gasteiger partial charge in [-0.2, -0.15) is 13.2 Å². The van der Waals surface area contributed by atoms with Crippen LogP contribution in [0.15, 0.2) is 30.5 Å². The molecule has 0 spiro atoms. The van der Waals surface area contributed by atoms with Crippen LogP contribution in [0.4, 0.5) is 13.2 Å². The molecular weight excluding hydrogens is 317 g/mol. The van der Waals surface area contributed by atoms with Crippen molar-refractivity contribution in [3.05, 3.63) is 47.3 Å². The van der Waals surface area contributed by atoms with Gasteiger partial charge in [-0.3, -0.25) is 4.68 Å². The fourth-order valence-electron chi connectivity index (χ4n) is 3.02. The van der Waals surface area contributed by atoms with Gasteiger partial charge in [0.15, 0.2) is 0 Å². The molecule has 4 rings (SSSR count). The molecule has 2 aromatic rings. The third-order valence-electron chi connectivity index (χ3n) is 4.83. The largest absolute Gasteiger partial charge is 0.416 e. The molecule has 2 aliphatic carbocycles. The molecule has 2 saturated carbocycles. The lowest BCUT2D eigenvalue weighted by molar-refractivity contribution is -0.137. The molecule has 0 amide bonds. The molecule has 1 aromatic heterocycles. The van der Waals surface area contributed by atoms with Crippen LogP contribution in [-0.2, 0) is 24.8 Å². The number of hydrogen-bond donors (Lipinski definition) is 1. The van der Waals surface area contributed by atoms with Gasteiger partial charge in [0.1, 0.15) is 0 Å². The Hall–Kier alpha value is -1.89. The zero-order chi connectivity index (χ0) is 16.8. The Kier molecular flexibility index (Phi) is 3.63. The molecule has 0 bridgehead atoms. The highest BCUT2D eigenvalue weighted by Gasteiger charge is 2.45. The molecular formula is C17H19F3N4. The first kappa shape index (κ1) is 15.6. The monoisotopic (exact) mass is 336 g/mol. The number of halogens is 3. The van der Waals surface area contributed by atoms with Crippen molar-refractivity contribution in [2.75, 3.05) is 0 Å². The van der Waals surface area contributed by atoms with Gasteiger partial charge < -0.3 is 5.32 Å². The number of aromatic nitrogens is 3. The maximum absolute atomic E-state index is 12.9. The van der Waals surface area contributed by atoms with Gasteiger partial charge in [-0.1, -0.05) is 17.3 Å². The highest BCUT2D eigenvalue weighted by atomic mass is 19.4. The Morgan fingerprint density at radius 1 is 1.25 bits per heavy atom. The van der Waals surface area contributed by atoms with E-state index in [0.29, 0.717) is 12.1 Å². The van der Waals surface area contributed by atoms with Gasteiger partial charge in [0.25, 0.3) is 0 Å². The number of alkyl halides is 3. The van der Waals surface area contributed by atoms with Crippen molar-refractivity contribution in [1.82, 2.24) is 20.3 Å². The lowest BCUT2D eigenvalue weighted by atomic mass is 10.0. The minimum Gasteiger partial charge on any atom is -0.302 e. The Balaban J connectivity index is 1.43. The fraction of sp³-hybridized carbons (Fsp3) is 0.529. The highest BCUT2D eigenvalue weighted by Crippen LogP contribution is 2.46. The van der Waals surface area contributed by atoms with E-state index in [1.54, 1.807) is 6.07 Å². The zero-order valence-corrected chi connectivity index (χ0v) is 13.2. The molecule has 4 nitrogen and oxygen atoms in total. The van der Waals surface area contributed by atoms with Crippen molar-refractivity contribution in [1.29, 1.82) is 0 Å². The lowest BCUT2D eigenvalue weighted by Crippen LogP contribution is -2.29. The minimum atomic E-state index is -4.31. The number of hydrogen-bond acceptors (Lipinski definition) is 3. The average Bonchev–Trinajstić information content (AvgIpc) is 3.46. The third-order valence-corrected chi connectivity index (χ3v) is 4.83. The van der Waals surface area contributed by atoms with Gasteiger partial charge in [-0.15, -0.1) is 5.10 Å². The summed E-state index contributed by atoms with van der Waals surface area (Å²) < 4.78 is 40.6. The molecule has 2 fully saturated rings. The van der Waals surface area contributed by atoms with Crippen LogP contribution in [0, 0.1) is 5.92 Å². The van der Waals surface area contributed by atoms with E-state index in [4.69, 9.17) is 0 Å². The van der Waals surface area contributed by atoms with Crippen LogP contribution in [0.3, 0.4) is 0 Å². The van der Waals surface area contributed by atoms with E-state index < -0.39 is 11.7 Å². The Labute approximate surface area is 138 Å². The third kappa shape index (κ3) is 3.31. The fourth-order valence-corrected chi connectivity index (χ4v) is 3.02. The van der Waals surface area contributed by atoms with Crippen molar-refractivity contribution in [3.8, 4) is 0 Å². The molecule has 2 aliphatic rings. The number of nitrogens with one attached hydrogen (secondary N) is 1. The van der Waals surface area contributed by atoms with Crippen LogP contribution in [0.5, 0.6) is 0 Å². The maximum Gasteiger partial charge on any atom is 0.416 e. The second-order valence-corrected chi connectivity index (χ2v) is 6.89. The van der Waals surface area contributed by atoms with E-state index >= 15 is 0 Å². The van der Waals surface area contributed by atoms with Crippen LogP contribution >= 0.6 is 0 Å². The van der Waals surface area contributed by atoms with Gasteiger partial charge in [-0.05, 0) is 49.3 Å². The van der Waals surface area contributed by atoms with Crippen molar-refractivity contribution in [2.24, 2.45) is 5.92 Å². The summed E-state index contributed by atoms with van der Waals surface area (Å²) in [5.41, 5.74) is 0.571. The quantitative estimate of drug-likeness (QED) is 0.878. The van der Waals surface area contributed by atoms with E-state index in [-0.39, 0.29) is 5.54 Å².